The van der Waals surface area contributed by atoms with E-state index in [1.807, 2.05) is 0 Å². The van der Waals surface area contributed by atoms with Crippen LogP contribution in [0, 0.1) is 0 Å². The molecule has 1 aromatic rings. The van der Waals surface area contributed by atoms with E-state index in [2.05, 4.69) is 9.88 Å². The molecule has 0 radical (unpaired) electrons. The molecular weight excluding hydrogens is 166 g/mol. The molecule has 0 aliphatic carbocycles. The molecule has 1 aliphatic heterocycles. The standard InChI is InChI=1S/C9H13N3O/c1-11-7-10-8(6-9(11)13)12-4-2-3-5-12/h6-7H,2-5H2,1H3. The molecule has 2 heterocycles. The molecule has 0 saturated carbocycles. The van der Waals surface area contributed by atoms with Gasteiger partial charge in [0.1, 0.15) is 5.82 Å². The van der Waals surface area contributed by atoms with Gasteiger partial charge in [-0.2, -0.15) is 0 Å². The molecule has 0 N–H and O–H groups in total. The molecule has 0 unspecified atom stereocenters. The summed E-state index contributed by atoms with van der Waals surface area (Å²) in [5, 5.41) is 0. The van der Waals surface area contributed by atoms with E-state index in [1.54, 1.807) is 19.4 Å². The van der Waals surface area contributed by atoms with Crippen molar-refractivity contribution in [1.29, 1.82) is 0 Å². The molecule has 1 aromatic heterocycles. The Morgan fingerprint density at radius 2 is 2.08 bits per heavy atom. The molecule has 70 valence electrons. The van der Waals surface area contributed by atoms with Gasteiger partial charge < -0.3 is 9.47 Å². The van der Waals surface area contributed by atoms with E-state index in [0.29, 0.717) is 0 Å². The maximum absolute atomic E-state index is 11.3. The van der Waals surface area contributed by atoms with Crippen molar-refractivity contribution in [2.75, 3.05) is 18.0 Å². The molecule has 1 fully saturated rings. The zero-order valence-corrected chi connectivity index (χ0v) is 7.73. The highest BCUT2D eigenvalue weighted by molar-refractivity contribution is 5.37. The van der Waals surface area contributed by atoms with E-state index in [1.165, 1.54) is 17.4 Å². The zero-order valence-electron chi connectivity index (χ0n) is 7.73. The van der Waals surface area contributed by atoms with Gasteiger partial charge in [0.05, 0.1) is 6.33 Å². The molecule has 4 heteroatoms. The largest absolute Gasteiger partial charge is 0.356 e. The summed E-state index contributed by atoms with van der Waals surface area (Å²) < 4.78 is 1.49. The Morgan fingerprint density at radius 3 is 2.69 bits per heavy atom. The highest BCUT2D eigenvalue weighted by Crippen LogP contribution is 2.14. The highest BCUT2D eigenvalue weighted by atomic mass is 16.1. The van der Waals surface area contributed by atoms with Gasteiger partial charge in [0.2, 0.25) is 0 Å². The fourth-order valence-corrected chi connectivity index (χ4v) is 1.57. The second-order valence-corrected chi connectivity index (χ2v) is 3.39. The number of rotatable bonds is 1. The maximum atomic E-state index is 11.3. The van der Waals surface area contributed by atoms with E-state index in [4.69, 9.17) is 0 Å². The van der Waals surface area contributed by atoms with Crippen LogP contribution < -0.4 is 10.5 Å². The van der Waals surface area contributed by atoms with Crippen molar-refractivity contribution in [1.82, 2.24) is 9.55 Å². The minimum Gasteiger partial charge on any atom is -0.356 e. The first kappa shape index (κ1) is 8.29. The van der Waals surface area contributed by atoms with Crippen molar-refractivity contribution in [2.24, 2.45) is 7.05 Å². The van der Waals surface area contributed by atoms with E-state index in [-0.39, 0.29) is 5.56 Å². The van der Waals surface area contributed by atoms with E-state index in [9.17, 15) is 4.79 Å². The van der Waals surface area contributed by atoms with Crippen molar-refractivity contribution in [3.05, 3.63) is 22.7 Å². The monoisotopic (exact) mass is 179 g/mol. The molecular formula is C9H13N3O. The Labute approximate surface area is 76.8 Å². The lowest BCUT2D eigenvalue weighted by atomic mass is 10.4. The van der Waals surface area contributed by atoms with Crippen LogP contribution in [0.4, 0.5) is 5.82 Å². The number of nitrogens with zero attached hydrogens (tertiary/aromatic N) is 3. The van der Waals surface area contributed by atoms with Crippen LogP contribution in [0.15, 0.2) is 17.2 Å². The predicted octanol–water partition coefficient (Wildman–Crippen LogP) is 0.381. The highest BCUT2D eigenvalue weighted by Gasteiger charge is 2.13. The summed E-state index contributed by atoms with van der Waals surface area (Å²) in [5.74, 6) is 0.820. The van der Waals surface area contributed by atoms with Gasteiger partial charge in [0, 0.05) is 26.2 Å². The Hall–Kier alpha value is -1.32. The summed E-state index contributed by atoms with van der Waals surface area (Å²) in [6.07, 6.45) is 3.99. The molecule has 0 aromatic carbocycles. The van der Waals surface area contributed by atoms with E-state index >= 15 is 0 Å². The lowest BCUT2D eigenvalue weighted by Crippen LogP contribution is -2.24. The van der Waals surface area contributed by atoms with Gasteiger partial charge in [0.25, 0.3) is 5.56 Å². The predicted molar refractivity (Wildman–Crippen MR) is 50.9 cm³/mol. The molecule has 13 heavy (non-hydrogen) atoms. The summed E-state index contributed by atoms with van der Waals surface area (Å²) in [6, 6.07) is 1.60. The molecule has 4 nitrogen and oxygen atoms in total. The second-order valence-electron chi connectivity index (χ2n) is 3.39. The number of aryl methyl sites for hydroxylation is 1. The zero-order chi connectivity index (χ0) is 9.26. The van der Waals surface area contributed by atoms with Gasteiger partial charge in [-0.15, -0.1) is 0 Å². The fourth-order valence-electron chi connectivity index (χ4n) is 1.57. The van der Waals surface area contributed by atoms with E-state index in [0.717, 1.165) is 18.9 Å². The van der Waals surface area contributed by atoms with Gasteiger partial charge in [-0.25, -0.2) is 4.98 Å². The van der Waals surface area contributed by atoms with Gasteiger partial charge in [-0.1, -0.05) is 0 Å². The third kappa shape index (κ3) is 1.56. The minimum atomic E-state index is 0.0110. The van der Waals surface area contributed by atoms with Crippen molar-refractivity contribution in [3.8, 4) is 0 Å². The fraction of sp³-hybridized carbons (Fsp3) is 0.556. The summed E-state index contributed by atoms with van der Waals surface area (Å²) >= 11 is 0. The number of anilines is 1. The molecule has 1 aliphatic rings. The van der Waals surface area contributed by atoms with Crippen LogP contribution in [0.2, 0.25) is 0 Å². The van der Waals surface area contributed by atoms with Crippen LogP contribution in [0.1, 0.15) is 12.8 Å². The Morgan fingerprint density at radius 1 is 1.38 bits per heavy atom. The topological polar surface area (TPSA) is 38.1 Å². The molecule has 0 spiro atoms. The molecule has 0 bridgehead atoms. The number of hydrogen-bond donors (Lipinski definition) is 0. The van der Waals surface area contributed by atoms with Crippen molar-refractivity contribution in [2.45, 2.75) is 12.8 Å². The Bertz CT molecular complexity index is 352. The smallest absolute Gasteiger partial charge is 0.255 e. The van der Waals surface area contributed by atoms with Crippen molar-refractivity contribution in [3.63, 3.8) is 0 Å². The quantitative estimate of drug-likeness (QED) is 0.625. The van der Waals surface area contributed by atoms with E-state index < -0.39 is 0 Å². The van der Waals surface area contributed by atoms with Crippen LogP contribution in [0.3, 0.4) is 0 Å². The van der Waals surface area contributed by atoms with Crippen LogP contribution in [0.5, 0.6) is 0 Å². The normalized spacial score (nSPS) is 16.5. The average molecular weight is 179 g/mol. The third-order valence-corrected chi connectivity index (χ3v) is 2.39. The lowest BCUT2D eigenvalue weighted by molar-refractivity contribution is 0.807. The second kappa shape index (κ2) is 3.20. The minimum absolute atomic E-state index is 0.0110. The number of aromatic nitrogens is 2. The van der Waals surface area contributed by atoms with Gasteiger partial charge in [-0.3, -0.25) is 4.79 Å². The SMILES string of the molecule is Cn1cnc(N2CCCC2)cc1=O. The maximum Gasteiger partial charge on any atom is 0.255 e. The molecule has 0 atom stereocenters. The lowest BCUT2D eigenvalue weighted by Gasteiger charge is -2.15. The average Bonchev–Trinajstić information content (AvgIpc) is 2.62. The van der Waals surface area contributed by atoms with Crippen LogP contribution in [-0.2, 0) is 7.05 Å². The van der Waals surface area contributed by atoms with Crippen LogP contribution in [-0.4, -0.2) is 22.6 Å². The summed E-state index contributed by atoms with van der Waals surface area (Å²) in [5.41, 5.74) is 0.0110. The first-order valence-electron chi connectivity index (χ1n) is 4.55. The van der Waals surface area contributed by atoms with Crippen molar-refractivity contribution < 1.29 is 0 Å². The Kier molecular flexibility index (Phi) is 2.04. The number of hydrogen-bond acceptors (Lipinski definition) is 3. The van der Waals surface area contributed by atoms with Gasteiger partial charge in [0.15, 0.2) is 0 Å². The summed E-state index contributed by atoms with van der Waals surface area (Å²) in [7, 11) is 1.71. The first-order chi connectivity index (χ1) is 6.27. The third-order valence-electron chi connectivity index (χ3n) is 2.39. The van der Waals surface area contributed by atoms with Gasteiger partial charge in [-0.05, 0) is 12.8 Å². The molecule has 2 rings (SSSR count). The van der Waals surface area contributed by atoms with Crippen LogP contribution in [0.25, 0.3) is 0 Å². The summed E-state index contributed by atoms with van der Waals surface area (Å²) in [6.45, 7) is 2.06. The molecule has 1 saturated heterocycles. The summed E-state index contributed by atoms with van der Waals surface area (Å²) in [4.78, 5) is 17.7. The Balaban J connectivity index is 2.30. The van der Waals surface area contributed by atoms with Gasteiger partial charge >= 0.3 is 0 Å². The molecule has 0 amide bonds. The van der Waals surface area contributed by atoms with Crippen molar-refractivity contribution >= 4 is 5.82 Å². The first-order valence-corrected chi connectivity index (χ1v) is 4.55. The van der Waals surface area contributed by atoms with Crippen LogP contribution >= 0.6 is 0 Å².